The van der Waals surface area contributed by atoms with Crippen LogP contribution in [0.25, 0.3) is 0 Å². The van der Waals surface area contributed by atoms with Crippen molar-refractivity contribution >= 4 is 58.0 Å². The van der Waals surface area contributed by atoms with Gasteiger partial charge in [0.25, 0.3) is 25.6 Å². The van der Waals surface area contributed by atoms with E-state index in [2.05, 4.69) is 58.0 Å². The largest absolute Gasteiger partial charge is 0.288 e. The van der Waals surface area contributed by atoms with Crippen LogP contribution in [0.15, 0.2) is 0 Å². The van der Waals surface area contributed by atoms with Gasteiger partial charge in [0, 0.05) is 0 Å². The average Bonchev–Trinajstić information content (AvgIpc) is 2.04. The molecule has 0 aromatic carbocycles. The van der Waals surface area contributed by atoms with E-state index in [1.165, 1.54) is 0 Å². The molecule has 1 rings (SSSR count). The lowest BCUT2D eigenvalue weighted by atomic mass is 10.2. The average molecular weight is 332 g/mol. The molecule has 0 aromatic heterocycles. The Morgan fingerprint density at radius 3 is 0.533 bits per heavy atom. The third kappa shape index (κ3) is 1.22. The van der Waals surface area contributed by atoms with Gasteiger partial charge < -0.3 is 0 Å². The van der Waals surface area contributed by atoms with E-state index in [1.54, 1.807) is 0 Å². The first-order valence-electron chi connectivity index (χ1n) is 3.14. The van der Waals surface area contributed by atoms with Crippen LogP contribution in [0.2, 0.25) is 0 Å². The number of rotatable bonds is 0. The third-order valence-electron chi connectivity index (χ3n) is 1.97. The summed E-state index contributed by atoms with van der Waals surface area (Å²) in [4.78, 5) is 0. The predicted molar refractivity (Wildman–Crippen MR) is 48.5 cm³/mol. The van der Waals surface area contributed by atoms with Gasteiger partial charge >= 0.3 is 0 Å². The molecule has 0 nitrogen and oxygen atoms in total. The molecule has 10 heteroatoms. The topological polar surface area (TPSA) is 0 Å². The maximum Gasteiger partial charge on any atom is 0.288 e. The van der Waals surface area contributed by atoms with Gasteiger partial charge in [-0.3, -0.25) is 0 Å². The van der Waals surface area contributed by atoms with Gasteiger partial charge in [-0.05, 0) is 0 Å². The van der Waals surface area contributed by atoms with E-state index in [9.17, 15) is 22.0 Å². The van der Waals surface area contributed by atoms with Crippen molar-refractivity contribution in [3.8, 4) is 0 Å². The normalized spacial score (nSPS) is 66.0. The molecular formula is C5Cl5F5. The van der Waals surface area contributed by atoms with Crippen molar-refractivity contribution in [2.45, 2.75) is 25.6 Å². The van der Waals surface area contributed by atoms with E-state index in [1.807, 2.05) is 0 Å². The molecule has 90 valence electrons. The first-order valence-corrected chi connectivity index (χ1v) is 5.03. The fourth-order valence-corrected chi connectivity index (χ4v) is 2.53. The number of hydrogen-bond acceptors (Lipinski definition) is 0. The molecule has 0 spiro atoms. The number of alkyl halides is 10. The molecule has 0 saturated heterocycles. The van der Waals surface area contributed by atoms with E-state index in [0.717, 1.165) is 0 Å². The van der Waals surface area contributed by atoms with E-state index in [0.29, 0.717) is 0 Å². The Kier molecular flexibility index (Phi) is 2.93. The second kappa shape index (κ2) is 3.10. The summed E-state index contributed by atoms with van der Waals surface area (Å²) in [5.74, 6) is 0. The van der Waals surface area contributed by atoms with Crippen molar-refractivity contribution < 1.29 is 22.0 Å². The van der Waals surface area contributed by atoms with Gasteiger partial charge in [-0.25, -0.2) is 22.0 Å². The summed E-state index contributed by atoms with van der Waals surface area (Å²) in [6.45, 7) is 0. The molecule has 0 unspecified atom stereocenters. The zero-order valence-electron chi connectivity index (χ0n) is 6.28. The smallest absolute Gasteiger partial charge is 0.216 e. The molecule has 0 bridgehead atoms. The molecule has 0 aromatic rings. The molecule has 0 amide bonds. The van der Waals surface area contributed by atoms with E-state index in [4.69, 9.17) is 0 Å². The van der Waals surface area contributed by atoms with Crippen molar-refractivity contribution in [1.29, 1.82) is 0 Å². The lowest BCUT2D eigenvalue weighted by Gasteiger charge is -2.27. The van der Waals surface area contributed by atoms with Crippen LogP contribution in [-0.2, 0) is 0 Å². The fourth-order valence-electron chi connectivity index (χ4n) is 0.986. The molecule has 1 fully saturated rings. The summed E-state index contributed by atoms with van der Waals surface area (Å²) in [6.07, 6.45) is 0. The Morgan fingerprint density at radius 2 is 0.467 bits per heavy atom. The molecule has 0 atom stereocenters. The van der Waals surface area contributed by atoms with Crippen molar-refractivity contribution in [2.24, 2.45) is 0 Å². The standard InChI is InChI=1S/C5Cl5F5/c6-1(11)2(7,12)4(9,14)5(10,15)3(1,8)13. The van der Waals surface area contributed by atoms with Gasteiger partial charge in [0.2, 0.25) is 0 Å². The van der Waals surface area contributed by atoms with Gasteiger partial charge in [-0.1, -0.05) is 58.0 Å². The Balaban J connectivity index is 3.55. The molecule has 0 radical (unpaired) electrons. The zero-order valence-corrected chi connectivity index (χ0v) is 10.1. The van der Waals surface area contributed by atoms with Crippen LogP contribution >= 0.6 is 58.0 Å². The van der Waals surface area contributed by atoms with Crippen molar-refractivity contribution in [3.63, 3.8) is 0 Å². The molecular weight excluding hydrogens is 332 g/mol. The summed E-state index contributed by atoms with van der Waals surface area (Å²) >= 11 is 23.0. The first kappa shape index (κ1) is 14.2. The second-order valence-corrected chi connectivity index (χ2v) is 5.48. The van der Waals surface area contributed by atoms with Crippen LogP contribution in [0, 0.1) is 0 Å². The van der Waals surface area contributed by atoms with Crippen LogP contribution in [0.1, 0.15) is 0 Å². The predicted octanol–water partition coefficient (Wildman–Crippen LogP) is 4.52. The van der Waals surface area contributed by atoms with Gasteiger partial charge in [0.15, 0.2) is 0 Å². The Labute approximate surface area is 106 Å². The zero-order chi connectivity index (χ0) is 12.5. The fraction of sp³-hybridized carbons (Fsp3) is 1.00. The van der Waals surface area contributed by atoms with Gasteiger partial charge in [0.1, 0.15) is 0 Å². The van der Waals surface area contributed by atoms with Crippen LogP contribution < -0.4 is 0 Å². The maximum absolute atomic E-state index is 13.3. The summed E-state index contributed by atoms with van der Waals surface area (Å²) < 4.78 is 66.3. The highest BCUT2D eigenvalue weighted by atomic mass is 35.5. The highest BCUT2D eigenvalue weighted by Gasteiger charge is 2.94. The summed E-state index contributed by atoms with van der Waals surface area (Å²) in [5.41, 5.74) is 0. The first-order chi connectivity index (χ1) is 6.25. The molecule has 0 N–H and O–H groups in total. The van der Waals surface area contributed by atoms with E-state index in [-0.39, 0.29) is 0 Å². The lowest BCUT2D eigenvalue weighted by Crippen LogP contribution is -2.48. The molecule has 15 heavy (non-hydrogen) atoms. The van der Waals surface area contributed by atoms with Crippen molar-refractivity contribution in [2.75, 3.05) is 0 Å². The Hall–Kier alpha value is 1.10. The Bertz CT molecular complexity index is 209. The quantitative estimate of drug-likeness (QED) is 0.452. The molecule has 1 aliphatic rings. The van der Waals surface area contributed by atoms with Gasteiger partial charge in [-0.2, -0.15) is 0 Å². The van der Waals surface area contributed by atoms with E-state index < -0.39 is 25.6 Å². The van der Waals surface area contributed by atoms with Gasteiger partial charge in [-0.15, -0.1) is 0 Å². The number of hydrogen-bond donors (Lipinski definition) is 0. The molecule has 1 saturated carbocycles. The third-order valence-corrected chi connectivity index (χ3v) is 5.06. The van der Waals surface area contributed by atoms with Gasteiger partial charge in [0.05, 0.1) is 0 Å². The summed E-state index contributed by atoms with van der Waals surface area (Å²) in [7, 11) is 0. The highest BCUT2D eigenvalue weighted by molar-refractivity contribution is 6.50. The van der Waals surface area contributed by atoms with Crippen molar-refractivity contribution in [3.05, 3.63) is 0 Å². The molecule has 0 heterocycles. The minimum absolute atomic E-state index is 4.49. The second-order valence-electron chi connectivity index (χ2n) is 2.87. The lowest BCUT2D eigenvalue weighted by molar-refractivity contribution is 0.0223. The van der Waals surface area contributed by atoms with Crippen molar-refractivity contribution in [1.82, 2.24) is 0 Å². The van der Waals surface area contributed by atoms with E-state index >= 15 is 0 Å². The minimum Gasteiger partial charge on any atom is -0.216 e. The summed E-state index contributed by atoms with van der Waals surface area (Å²) in [5, 5.41) is -22.4. The molecule has 0 aliphatic heterocycles. The maximum atomic E-state index is 13.3. The summed E-state index contributed by atoms with van der Waals surface area (Å²) in [6, 6.07) is 0. The van der Waals surface area contributed by atoms with Crippen LogP contribution in [0.4, 0.5) is 22.0 Å². The van der Waals surface area contributed by atoms with Crippen LogP contribution in [0.3, 0.4) is 0 Å². The van der Waals surface area contributed by atoms with Crippen LogP contribution in [0.5, 0.6) is 0 Å². The minimum atomic E-state index is -4.49. The number of halogens is 10. The monoisotopic (exact) mass is 330 g/mol. The highest BCUT2D eigenvalue weighted by Crippen LogP contribution is 2.73. The van der Waals surface area contributed by atoms with Crippen LogP contribution in [-0.4, -0.2) is 25.6 Å². The molecule has 1 aliphatic carbocycles. The Morgan fingerprint density at radius 1 is 0.400 bits per heavy atom. The SMILES string of the molecule is FC1(Cl)C(F)(Cl)C(F)(Cl)C(F)(Cl)C1(F)Cl.